The van der Waals surface area contributed by atoms with Crippen molar-refractivity contribution in [1.82, 2.24) is 5.32 Å². The predicted molar refractivity (Wildman–Crippen MR) is 40.7 cm³/mol. The average Bonchev–Trinajstić information content (AvgIpc) is 1.96. The lowest BCUT2D eigenvalue weighted by molar-refractivity contribution is -0.117. The SMILES string of the molecule is [N-]=[N+]=NCCNCCC(N)=O. The van der Waals surface area contributed by atoms with Crippen molar-refractivity contribution in [3.8, 4) is 0 Å². The highest BCUT2D eigenvalue weighted by Crippen LogP contribution is 1.73. The normalized spacial score (nSPS) is 8.73. The van der Waals surface area contributed by atoms with Crippen LogP contribution in [0.2, 0.25) is 0 Å². The molecule has 0 aliphatic heterocycles. The minimum absolute atomic E-state index is 0.316. The average molecular weight is 157 g/mol. The Balaban J connectivity index is 3.02. The maximum absolute atomic E-state index is 10.2. The van der Waals surface area contributed by atoms with Crippen LogP contribution in [0.3, 0.4) is 0 Å². The summed E-state index contributed by atoms with van der Waals surface area (Å²) in [6.07, 6.45) is 0.316. The van der Waals surface area contributed by atoms with Crippen molar-refractivity contribution in [3.63, 3.8) is 0 Å². The van der Waals surface area contributed by atoms with Crippen molar-refractivity contribution in [2.75, 3.05) is 19.6 Å². The zero-order valence-corrected chi connectivity index (χ0v) is 6.16. The van der Waals surface area contributed by atoms with Gasteiger partial charge in [-0.05, 0) is 5.53 Å². The van der Waals surface area contributed by atoms with Crippen molar-refractivity contribution in [2.45, 2.75) is 6.42 Å². The predicted octanol–water partition coefficient (Wildman–Crippen LogP) is -0.238. The molecule has 0 spiro atoms. The summed E-state index contributed by atoms with van der Waals surface area (Å²) in [5, 5.41) is 6.18. The molecule has 1 amide bonds. The molecule has 0 unspecified atom stereocenters. The van der Waals surface area contributed by atoms with E-state index in [1.165, 1.54) is 0 Å². The fourth-order valence-corrected chi connectivity index (χ4v) is 0.510. The first-order chi connectivity index (χ1) is 5.27. The smallest absolute Gasteiger partial charge is 0.218 e. The third-order valence-electron chi connectivity index (χ3n) is 1.00. The van der Waals surface area contributed by atoms with E-state index in [1.54, 1.807) is 0 Å². The van der Waals surface area contributed by atoms with Gasteiger partial charge in [0.2, 0.25) is 5.91 Å². The molecular formula is C5H11N5O. The van der Waals surface area contributed by atoms with Crippen LogP contribution < -0.4 is 11.1 Å². The molecule has 62 valence electrons. The lowest BCUT2D eigenvalue weighted by atomic mass is 10.4. The van der Waals surface area contributed by atoms with E-state index in [-0.39, 0.29) is 5.91 Å². The Kier molecular flexibility index (Phi) is 6.07. The Labute approximate surface area is 64.4 Å². The molecule has 0 rings (SSSR count). The van der Waals surface area contributed by atoms with Gasteiger partial charge in [0.1, 0.15) is 0 Å². The van der Waals surface area contributed by atoms with Crippen LogP contribution in [-0.4, -0.2) is 25.5 Å². The highest BCUT2D eigenvalue weighted by Gasteiger charge is 1.91. The van der Waals surface area contributed by atoms with Gasteiger partial charge in [-0.2, -0.15) is 0 Å². The fourth-order valence-electron chi connectivity index (χ4n) is 0.510. The lowest BCUT2D eigenvalue weighted by Crippen LogP contribution is -2.23. The number of carbonyl (C=O) groups excluding carboxylic acids is 1. The van der Waals surface area contributed by atoms with Crippen LogP contribution in [-0.2, 0) is 4.79 Å². The molecule has 0 radical (unpaired) electrons. The van der Waals surface area contributed by atoms with Crippen molar-refractivity contribution < 1.29 is 4.79 Å². The standard InChI is InChI=1S/C5H11N5O/c6-5(11)1-2-8-3-4-9-10-7/h8H,1-4H2,(H2,6,11). The van der Waals surface area contributed by atoms with E-state index in [4.69, 9.17) is 11.3 Å². The van der Waals surface area contributed by atoms with Gasteiger partial charge >= 0.3 is 0 Å². The molecule has 0 aromatic carbocycles. The van der Waals surface area contributed by atoms with Crippen molar-refractivity contribution >= 4 is 5.91 Å². The van der Waals surface area contributed by atoms with E-state index >= 15 is 0 Å². The number of nitrogens with zero attached hydrogens (tertiary/aromatic N) is 3. The van der Waals surface area contributed by atoms with Gasteiger partial charge in [-0.15, -0.1) is 0 Å². The second-order valence-electron chi connectivity index (χ2n) is 1.92. The van der Waals surface area contributed by atoms with Gasteiger partial charge in [0.05, 0.1) is 0 Å². The van der Waals surface area contributed by atoms with Gasteiger partial charge < -0.3 is 11.1 Å². The summed E-state index contributed by atoms with van der Waals surface area (Å²) in [5.74, 6) is -0.332. The van der Waals surface area contributed by atoms with Crippen LogP contribution in [0.5, 0.6) is 0 Å². The first-order valence-electron chi connectivity index (χ1n) is 3.27. The lowest BCUT2D eigenvalue weighted by Gasteiger charge is -1.97. The van der Waals surface area contributed by atoms with Gasteiger partial charge in [-0.1, -0.05) is 5.11 Å². The van der Waals surface area contributed by atoms with Crippen LogP contribution in [0, 0.1) is 0 Å². The summed E-state index contributed by atoms with van der Waals surface area (Å²) >= 11 is 0. The first-order valence-corrected chi connectivity index (χ1v) is 3.27. The summed E-state index contributed by atoms with van der Waals surface area (Å²) in [5.41, 5.74) is 12.7. The fraction of sp³-hybridized carbons (Fsp3) is 0.800. The molecule has 11 heavy (non-hydrogen) atoms. The van der Waals surface area contributed by atoms with E-state index in [1.807, 2.05) is 0 Å². The van der Waals surface area contributed by atoms with Crippen LogP contribution >= 0.6 is 0 Å². The summed E-state index contributed by atoms with van der Waals surface area (Å²) < 4.78 is 0. The zero-order valence-electron chi connectivity index (χ0n) is 6.16. The molecule has 0 heterocycles. The van der Waals surface area contributed by atoms with E-state index in [2.05, 4.69) is 15.3 Å². The minimum atomic E-state index is -0.332. The van der Waals surface area contributed by atoms with E-state index in [0.717, 1.165) is 0 Å². The second kappa shape index (κ2) is 6.85. The van der Waals surface area contributed by atoms with Crippen LogP contribution in [0.4, 0.5) is 0 Å². The number of nitrogens with two attached hydrogens (primary N) is 1. The quantitative estimate of drug-likeness (QED) is 0.240. The summed E-state index contributed by atoms with van der Waals surface area (Å²) in [6.45, 7) is 1.52. The van der Waals surface area contributed by atoms with Gasteiger partial charge in [0, 0.05) is 31.0 Å². The third kappa shape index (κ3) is 8.74. The monoisotopic (exact) mass is 157 g/mol. The molecule has 0 saturated heterocycles. The zero-order chi connectivity index (χ0) is 8.53. The molecule has 0 aliphatic carbocycles. The molecule has 0 aliphatic rings. The topological polar surface area (TPSA) is 104 Å². The third-order valence-corrected chi connectivity index (χ3v) is 1.00. The van der Waals surface area contributed by atoms with Gasteiger partial charge in [0.15, 0.2) is 0 Å². The highest BCUT2D eigenvalue weighted by molar-refractivity contribution is 5.73. The Morgan fingerprint density at radius 3 is 2.91 bits per heavy atom. The number of hydrogen-bond acceptors (Lipinski definition) is 3. The van der Waals surface area contributed by atoms with E-state index in [9.17, 15) is 4.79 Å². The van der Waals surface area contributed by atoms with Crippen LogP contribution in [0.25, 0.3) is 10.4 Å². The van der Waals surface area contributed by atoms with Crippen molar-refractivity contribution in [3.05, 3.63) is 10.4 Å². The van der Waals surface area contributed by atoms with Crippen LogP contribution in [0.15, 0.2) is 5.11 Å². The molecule has 3 N–H and O–H groups in total. The maximum atomic E-state index is 10.2. The van der Waals surface area contributed by atoms with Crippen molar-refractivity contribution in [1.29, 1.82) is 0 Å². The summed E-state index contributed by atoms with van der Waals surface area (Å²) in [4.78, 5) is 12.8. The maximum Gasteiger partial charge on any atom is 0.218 e. The number of hydrogen-bond donors (Lipinski definition) is 2. The second-order valence-corrected chi connectivity index (χ2v) is 1.92. The van der Waals surface area contributed by atoms with Gasteiger partial charge in [0.25, 0.3) is 0 Å². The number of carbonyl (C=O) groups is 1. The van der Waals surface area contributed by atoms with Gasteiger partial charge in [-0.25, -0.2) is 0 Å². The van der Waals surface area contributed by atoms with E-state index in [0.29, 0.717) is 26.1 Å². The van der Waals surface area contributed by atoms with Crippen molar-refractivity contribution in [2.24, 2.45) is 10.8 Å². The molecule has 0 aromatic rings. The summed E-state index contributed by atoms with van der Waals surface area (Å²) in [6, 6.07) is 0. The largest absolute Gasteiger partial charge is 0.370 e. The molecular weight excluding hydrogens is 146 g/mol. The number of primary amides is 1. The molecule has 6 nitrogen and oxygen atoms in total. The molecule has 0 atom stereocenters. The van der Waals surface area contributed by atoms with Crippen LogP contribution in [0.1, 0.15) is 6.42 Å². The molecule has 0 aromatic heterocycles. The Morgan fingerprint density at radius 1 is 1.64 bits per heavy atom. The molecule has 0 saturated carbocycles. The minimum Gasteiger partial charge on any atom is -0.370 e. The molecule has 0 fully saturated rings. The Morgan fingerprint density at radius 2 is 2.36 bits per heavy atom. The van der Waals surface area contributed by atoms with Gasteiger partial charge in [-0.3, -0.25) is 4.79 Å². The summed E-state index contributed by atoms with van der Waals surface area (Å²) in [7, 11) is 0. The molecule has 6 heteroatoms. The number of rotatable bonds is 6. The Hall–Kier alpha value is -1.26. The number of nitrogens with one attached hydrogen (secondary N) is 1. The number of amides is 1. The Bertz CT molecular complexity index is 158. The van der Waals surface area contributed by atoms with E-state index < -0.39 is 0 Å². The highest BCUT2D eigenvalue weighted by atomic mass is 16.1. The number of azide groups is 1. The molecule has 0 bridgehead atoms. The first kappa shape index (κ1) is 9.74.